The van der Waals surface area contributed by atoms with E-state index in [-0.39, 0.29) is 11.3 Å². The fourth-order valence-corrected chi connectivity index (χ4v) is 4.58. The lowest BCUT2D eigenvalue weighted by Crippen LogP contribution is -2.22. The number of halogens is 3. The third-order valence-electron chi connectivity index (χ3n) is 4.56. The normalized spacial score (nSPS) is 11.2. The van der Waals surface area contributed by atoms with E-state index in [4.69, 9.17) is 23.2 Å². The van der Waals surface area contributed by atoms with Crippen molar-refractivity contribution in [3.63, 3.8) is 0 Å². The van der Waals surface area contributed by atoms with Crippen LogP contribution in [0.4, 0.5) is 4.39 Å². The van der Waals surface area contributed by atoms with Crippen LogP contribution in [0.1, 0.15) is 11.1 Å². The molecule has 7 heteroatoms. The third-order valence-corrected chi connectivity index (χ3v) is 6.12. The van der Waals surface area contributed by atoms with E-state index in [9.17, 15) is 9.18 Å². The Morgan fingerprint density at radius 2 is 1.86 bits per heavy atom. The van der Waals surface area contributed by atoms with Gasteiger partial charge in [0.25, 0.3) is 5.56 Å². The van der Waals surface area contributed by atoms with E-state index in [0.717, 1.165) is 11.3 Å². The molecule has 0 saturated heterocycles. The molecule has 3 aromatic carbocycles. The molecular weight excluding hydrogens is 430 g/mol. The molecular formula is C22H15Cl2FN2OS. The Hall–Kier alpha value is -2.34. The number of benzene rings is 3. The number of fused-ring (bicyclic) bond motifs is 1. The van der Waals surface area contributed by atoms with Gasteiger partial charge in [-0.3, -0.25) is 9.36 Å². The van der Waals surface area contributed by atoms with Gasteiger partial charge in [0.05, 0.1) is 16.6 Å². The summed E-state index contributed by atoms with van der Waals surface area (Å²) in [6.07, 6.45) is 0. The second kappa shape index (κ2) is 8.19. The van der Waals surface area contributed by atoms with Gasteiger partial charge in [-0.25, -0.2) is 9.37 Å². The number of thioether (sulfide) groups is 1. The van der Waals surface area contributed by atoms with Gasteiger partial charge in [0, 0.05) is 21.4 Å². The van der Waals surface area contributed by atoms with Crippen LogP contribution in [0.3, 0.4) is 0 Å². The maximum Gasteiger partial charge on any atom is 0.266 e. The smallest absolute Gasteiger partial charge is 0.266 e. The van der Waals surface area contributed by atoms with Crippen LogP contribution >= 0.6 is 35.0 Å². The van der Waals surface area contributed by atoms with Gasteiger partial charge >= 0.3 is 0 Å². The van der Waals surface area contributed by atoms with Gasteiger partial charge in [-0.1, -0.05) is 59.2 Å². The lowest BCUT2D eigenvalue weighted by Gasteiger charge is -2.15. The first kappa shape index (κ1) is 20.0. The summed E-state index contributed by atoms with van der Waals surface area (Å²) < 4.78 is 15.8. The Balaban J connectivity index is 1.90. The standard InChI is InChI=1S/C22H15Cl2FN2OS/c1-13-5-2-3-8-20(13)27-21(28)15-10-9-14(23)11-19(15)26-22(27)29-12-16-17(24)6-4-7-18(16)25/h2-11H,12H2,1H3. The first-order valence-corrected chi connectivity index (χ1v) is 10.5. The Morgan fingerprint density at radius 1 is 1.07 bits per heavy atom. The molecule has 4 rings (SSSR count). The van der Waals surface area contributed by atoms with Crippen molar-refractivity contribution in [1.29, 1.82) is 0 Å². The first-order chi connectivity index (χ1) is 14.0. The molecule has 0 aliphatic heterocycles. The maximum absolute atomic E-state index is 14.2. The van der Waals surface area contributed by atoms with Crippen molar-refractivity contribution in [1.82, 2.24) is 9.55 Å². The number of para-hydroxylation sites is 1. The number of nitrogens with zero attached hydrogens (tertiary/aromatic N) is 2. The molecule has 0 atom stereocenters. The van der Waals surface area contributed by atoms with Gasteiger partial charge in [-0.05, 0) is 48.9 Å². The molecule has 1 heterocycles. The number of hydrogen-bond acceptors (Lipinski definition) is 3. The van der Waals surface area contributed by atoms with Crippen LogP contribution in [0.25, 0.3) is 16.6 Å². The van der Waals surface area contributed by atoms with Crippen molar-refractivity contribution in [3.05, 3.63) is 98.0 Å². The SMILES string of the molecule is Cc1ccccc1-n1c(SCc2c(F)cccc2Cl)nc2cc(Cl)ccc2c1=O. The molecule has 0 spiro atoms. The van der Waals surface area contributed by atoms with Crippen LogP contribution < -0.4 is 5.56 Å². The minimum absolute atomic E-state index is 0.205. The fourth-order valence-electron chi connectivity index (χ4n) is 3.07. The van der Waals surface area contributed by atoms with Crippen LogP contribution in [-0.4, -0.2) is 9.55 Å². The molecule has 0 aliphatic carbocycles. The van der Waals surface area contributed by atoms with Crippen molar-refractivity contribution < 1.29 is 4.39 Å². The Labute approximate surface area is 181 Å². The van der Waals surface area contributed by atoms with Gasteiger partial charge in [-0.2, -0.15) is 0 Å². The second-order valence-corrected chi connectivity index (χ2v) is 8.26. The fraction of sp³-hybridized carbons (Fsp3) is 0.0909. The molecule has 3 nitrogen and oxygen atoms in total. The second-order valence-electron chi connectivity index (χ2n) is 6.47. The summed E-state index contributed by atoms with van der Waals surface area (Å²) in [5.74, 6) is -0.158. The summed E-state index contributed by atoms with van der Waals surface area (Å²) in [4.78, 5) is 18.0. The zero-order valence-electron chi connectivity index (χ0n) is 15.3. The molecule has 0 N–H and O–H groups in total. The lowest BCUT2D eigenvalue weighted by atomic mass is 10.2. The highest BCUT2D eigenvalue weighted by atomic mass is 35.5. The van der Waals surface area contributed by atoms with Gasteiger partial charge in [0.2, 0.25) is 0 Å². The van der Waals surface area contributed by atoms with Crippen molar-refractivity contribution in [3.8, 4) is 5.69 Å². The van der Waals surface area contributed by atoms with Crippen molar-refractivity contribution in [2.45, 2.75) is 17.8 Å². The van der Waals surface area contributed by atoms with Crippen molar-refractivity contribution in [2.75, 3.05) is 0 Å². The topological polar surface area (TPSA) is 34.9 Å². The van der Waals surface area contributed by atoms with Gasteiger partial charge in [0.1, 0.15) is 5.82 Å². The maximum atomic E-state index is 14.2. The summed E-state index contributed by atoms with van der Waals surface area (Å²) in [5, 5.41) is 1.74. The van der Waals surface area contributed by atoms with E-state index >= 15 is 0 Å². The zero-order chi connectivity index (χ0) is 20.5. The van der Waals surface area contributed by atoms with E-state index in [1.165, 1.54) is 17.8 Å². The molecule has 0 fully saturated rings. The Bertz CT molecular complexity index is 1270. The molecule has 0 unspecified atom stereocenters. The van der Waals surface area contributed by atoms with E-state index in [1.807, 2.05) is 31.2 Å². The molecule has 4 aromatic rings. The van der Waals surface area contributed by atoms with Crippen LogP contribution in [0.2, 0.25) is 10.0 Å². The van der Waals surface area contributed by atoms with Gasteiger partial charge in [0.15, 0.2) is 5.16 Å². The molecule has 0 radical (unpaired) electrons. The van der Waals surface area contributed by atoms with Crippen LogP contribution in [0.5, 0.6) is 0 Å². The third kappa shape index (κ3) is 3.90. The molecule has 29 heavy (non-hydrogen) atoms. The summed E-state index contributed by atoms with van der Waals surface area (Å²) >= 11 is 13.5. The Kier molecular flexibility index (Phi) is 5.63. The quantitative estimate of drug-likeness (QED) is 0.268. The van der Waals surface area contributed by atoms with E-state index in [0.29, 0.717) is 31.7 Å². The molecule has 0 amide bonds. The summed E-state index contributed by atoms with van der Waals surface area (Å²) in [6, 6.07) is 17.1. The average Bonchev–Trinajstić information content (AvgIpc) is 2.68. The van der Waals surface area contributed by atoms with E-state index in [2.05, 4.69) is 4.98 Å². The highest BCUT2D eigenvalue weighted by Gasteiger charge is 2.16. The molecule has 0 saturated carbocycles. The minimum atomic E-state index is -0.390. The number of aryl methyl sites for hydroxylation is 1. The first-order valence-electron chi connectivity index (χ1n) is 8.79. The molecule has 0 aliphatic rings. The van der Waals surface area contributed by atoms with E-state index in [1.54, 1.807) is 34.9 Å². The van der Waals surface area contributed by atoms with Crippen molar-refractivity contribution >= 4 is 45.9 Å². The average molecular weight is 445 g/mol. The number of aromatic nitrogens is 2. The molecule has 0 bridgehead atoms. The van der Waals surface area contributed by atoms with Crippen LogP contribution in [0.15, 0.2) is 70.6 Å². The van der Waals surface area contributed by atoms with Crippen molar-refractivity contribution in [2.24, 2.45) is 0 Å². The summed E-state index contributed by atoms with van der Waals surface area (Å²) in [6.45, 7) is 1.93. The van der Waals surface area contributed by atoms with Gasteiger partial charge < -0.3 is 0 Å². The monoisotopic (exact) mass is 444 g/mol. The highest BCUT2D eigenvalue weighted by molar-refractivity contribution is 7.98. The minimum Gasteiger partial charge on any atom is -0.268 e. The number of hydrogen-bond donors (Lipinski definition) is 0. The largest absolute Gasteiger partial charge is 0.268 e. The highest BCUT2D eigenvalue weighted by Crippen LogP contribution is 2.30. The van der Waals surface area contributed by atoms with E-state index < -0.39 is 5.82 Å². The zero-order valence-corrected chi connectivity index (χ0v) is 17.7. The van der Waals surface area contributed by atoms with Crippen LogP contribution in [-0.2, 0) is 5.75 Å². The number of rotatable bonds is 4. The predicted octanol–water partition coefficient (Wildman–Crippen LogP) is 6.43. The summed E-state index contributed by atoms with van der Waals surface area (Å²) in [7, 11) is 0. The van der Waals surface area contributed by atoms with Crippen LogP contribution in [0, 0.1) is 12.7 Å². The molecule has 146 valence electrons. The predicted molar refractivity (Wildman–Crippen MR) is 118 cm³/mol. The molecule has 1 aromatic heterocycles. The lowest BCUT2D eigenvalue weighted by molar-refractivity contribution is 0.617. The van der Waals surface area contributed by atoms with Gasteiger partial charge in [-0.15, -0.1) is 0 Å². The summed E-state index contributed by atoms with van der Waals surface area (Å²) in [5.41, 5.74) is 2.31. The Morgan fingerprint density at radius 3 is 2.62 bits per heavy atom.